The summed E-state index contributed by atoms with van der Waals surface area (Å²) in [6.07, 6.45) is 4.25. The van der Waals surface area contributed by atoms with Crippen molar-refractivity contribution in [3.63, 3.8) is 0 Å². The van der Waals surface area contributed by atoms with Gasteiger partial charge in [-0.2, -0.15) is 4.98 Å². The van der Waals surface area contributed by atoms with Gasteiger partial charge in [-0.1, -0.05) is 0 Å². The number of carbonyl (C=O) groups excluding carboxylic acids is 2. The molecule has 0 radical (unpaired) electrons. The minimum Gasteiger partial charge on any atom is -0.368 e. The van der Waals surface area contributed by atoms with Gasteiger partial charge in [-0.25, -0.2) is 4.98 Å². The van der Waals surface area contributed by atoms with E-state index in [1.54, 1.807) is 12.3 Å². The molecule has 3 heterocycles. The number of anilines is 2. The van der Waals surface area contributed by atoms with Gasteiger partial charge in [0.05, 0.1) is 5.41 Å². The number of imide groups is 1. The molecule has 1 unspecified atom stereocenters. The van der Waals surface area contributed by atoms with Crippen LogP contribution in [0.3, 0.4) is 0 Å². The monoisotopic (exact) mass is 275 g/mol. The van der Waals surface area contributed by atoms with Gasteiger partial charge < -0.3 is 10.6 Å². The third-order valence-electron chi connectivity index (χ3n) is 4.13. The highest BCUT2D eigenvalue weighted by molar-refractivity contribution is 5.99. The lowest BCUT2D eigenvalue weighted by atomic mass is 9.82. The molecule has 106 valence electrons. The number of rotatable bonds is 1. The van der Waals surface area contributed by atoms with E-state index in [0.29, 0.717) is 13.0 Å². The molecule has 1 spiro atoms. The highest BCUT2D eigenvalue weighted by Gasteiger charge is 2.46. The maximum atomic E-state index is 12.3. The molecule has 2 fully saturated rings. The molecule has 1 atom stereocenters. The molecule has 0 saturated carbocycles. The Kier molecular flexibility index (Phi) is 3.04. The molecule has 0 aliphatic carbocycles. The van der Waals surface area contributed by atoms with E-state index in [0.717, 1.165) is 31.6 Å². The Bertz CT molecular complexity index is 561. The summed E-state index contributed by atoms with van der Waals surface area (Å²) in [6.45, 7) is 1.31. The summed E-state index contributed by atoms with van der Waals surface area (Å²) in [7, 11) is 0. The van der Waals surface area contributed by atoms with E-state index >= 15 is 0 Å². The van der Waals surface area contributed by atoms with Crippen molar-refractivity contribution in [2.24, 2.45) is 5.41 Å². The van der Waals surface area contributed by atoms with Gasteiger partial charge in [0.15, 0.2) is 0 Å². The third-order valence-corrected chi connectivity index (χ3v) is 4.13. The molecule has 3 rings (SSSR count). The number of aromatic nitrogens is 2. The summed E-state index contributed by atoms with van der Waals surface area (Å²) in [5, 5.41) is 2.50. The maximum absolute atomic E-state index is 12.3. The minimum atomic E-state index is -0.480. The zero-order valence-electron chi connectivity index (χ0n) is 11.1. The first-order valence-corrected chi connectivity index (χ1v) is 6.77. The Hall–Kier alpha value is -2.18. The van der Waals surface area contributed by atoms with Gasteiger partial charge in [-0.15, -0.1) is 0 Å². The van der Waals surface area contributed by atoms with Crippen LogP contribution in [-0.4, -0.2) is 34.9 Å². The minimum absolute atomic E-state index is 0.149. The van der Waals surface area contributed by atoms with Gasteiger partial charge in [0.1, 0.15) is 5.82 Å². The molecule has 2 aliphatic heterocycles. The fourth-order valence-electron chi connectivity index (χ4n) is 3.02. The summed E-state index contributed by atoms with van der Waals surface area (Å²) >= 11 is 0. The van der Waals surface area contributed by atoms with E-state index in [4.69, 9.17) is 5.73 Å². The fraction of sp³-hybridized carbons (Fsp3) is 0.538. The van der Waals surface area contributed by atoms with Gasteiger partial charge in [0, 0.05) is 25.7 Å². The molecule has 2 saturated heterocycles. The Morgan fingerprint density at radius 1 is 1.35 bits per heavy atom. The number of carbonyl (C=O) groups is 2. The van der Waals surface area contributed by atoms with Crippen LogP contribution in [0, 0.1) is 5.41 Å². The van der Waals surface area contributed by atoms with Crippen molar-refractivity contribution in [1.82, 2.24) is 15.3 Å². The van der Waals surface area contributed by atoms with Crippen LogP contribution in [0.2, 0.25) is 0 Å². The zero-order chi connectivity index (χ0) is 14.2. The molecule has 2 aliphatic rings. The molecule has 0 aromatic carbocycles. The average Bonchev–Trinajstić information content (AvgIpc) is 2.78. The zero-order valence-corrected chi connectivity index (χ0v) is 11.1. The van der Waals surface area contributed by atoms with Crippen molar-refractivity contribution in [3.8, 4) is 0 Å². The van der Waals surface area contributed by atoms with Crippen molar-refractivity contribution < 1.29 is 9.59 Å². The van der Waals surface area contributed by atoms with Crippen LogP contribution in [0.1, 0.15) is 25.7 Å². The number of nitrogens with one attached hydrogen (secondary N) is 1. The highest BCUT2D eigenvalue weighted by atomic mass is 16.2. The van der Waals surface area contributed by atoms with Crippen LogP contribution in [0.25, 0.3) is 0 Å². The molecule has 1 aromatic rings. The smallest absolute Gasteiger partial charge is 0.234 e. The van der Waals surface area contributed by atoms with E-state index in [-0.39, 0.29) is 17.8 Å². The predicted molar refractivity (Wildman–Crippen MR) is 72.7 cm³/mol. The van der Waals surface area contributed by atoms with Gasteiger partial charge in [0.25, 0.3) is 0 Å². The van der Waals surface area contributed by atoms with Crippen molar-refractivity contribution in [3.05, 3.63) is 12.3 Å². The largest absolute Gasteiger partial charge is 0.368 e. The SMILES string of the molecule is Nc1nccc(N2CCC3(CCCC(=O)NC3=O)C2)n1. The average molecular weight is 275 g/mol. The van der Waals surface area contributed by atoms with Crippen LogP contribution >= 0.6 is 0 Å². The lowest BCUT2D eigenvalue weighted by Crippen LogP contribution is -2.43. The lowest BCUT2D eigenvalue weighted by molar-refractivity contribution is -0.134. The second-order valence-corrected chi connectivity index (χ2v) is 5.46. The standard InChI is InChI=1S/C13H17N5O2/c14-12-15-6-3-9(16-12)18-7-5-13(8-18)4-1-2-10(19)17-11(13)20/h3,6H,1-2,4-5,7-8H2,(H2,14,15,16)(H,17,19,20). The van der Waals surface area contributed by atoms with Gasteiger partial charge in [0.2, 0.25) is 17.8 Å². The van der Waals surface area contributed by atoms with Crippen molar-refractivity contribution in [2.45, 2.75) is 25.7 Å². The number of amides is 2. The van der Waals surface area contributed by atoms with E-state index in [9.17, 15) is 9.59 Å². The van der Waals surface area contributed by atoms with Gasteiger partial charge in [-0.05, 0) is 25.3 Å². The number of hydrogen-bond donors (Lipinski definition) is 2. The Morgan fingerprint density at radius 2 is 2.20 bits per heavy atom. The molecule has 0 bridgehead atoms. The number of nitrogens with zero attached hydrogens (tertiary/aromatic N) is 3. The lowest BCUT2D eigenvalue weighted by Gasteiger charge is -2.25. The van der Waals surface area contributed by atoms with Crippen molar-refractivity contribution >= 4 is 23.6 Å². The molecule has 7 heteroatoms. The first-order valence-electron chi connectivity index (χ1n) is 6.77. The molecular formula is C13H17N5O2. The fourth-order valence-corrected chi connectivity index (χ4v) is 3.02. The Labute approximate surface area is 116 Å². The third kappa shape index (κ3) is 2.19. The normalized spacial score (nSPS) is 26.7. The molecule has 7 nitrogen and oxygen atoms in total. The summed E-state index contributed by atoms with van der Waals surface area (Å²) in [5.74, 6) is 0.642. The number of nitrogens with two attached hydrogens (primary N) is 1. The van der Waals surface area contributed by atoms with Crippen LogP contribution < -0.4 is 16.0 Å². The van der Waals surface area contributed by atoms with Crippen LogP contribution in [0.5, 0.6) is 0 Å². The summed E-state index contributed by atoms with van der Waals surface area (Å²) in [5.41, 5.74) is 5.11. The maximum Gasteiger partial charge on any atom is 0.234 e. The summed E-state index contributed by atoms with van der Waals surface area (Å²) in [4.78, 5) is 33.8. The number of nitrogen functional groups attached to an aromatic ring is 1. The quantitative estimate of drug-likeness (QED) is 0.704. The van der Waals surface area contributed by atoms with Gasteiger partial charge >= 0.3 is 0 Å². The van der Waals surface area contributed by atoms with Crippen LogP contribution in [0.4, 0.5) is 11.8 Å². The van der Waals surface area contributed by atoms with Gasteiger partial charge in [-0.3, -0.25) is 14.9 Å². The highest BCUT2D eigenvalue weighted by Crippen LogP contribution is 2.38. The molecule has 20 heavy (non-hydrogen) atoms. The van der Waals surface area contributed by atoms with Crippen LogP contribution in [0.15, 0.2) is 12.3 Å². The topological polar surface area (TPSA) is 101 Å². The van der Waals surface area contributed by atoms with Crippen molar-refractivity contribution in [2.75, 3.05) is 23.7 Å². The van der Waals surface area contributed by atoms with E-state index in [1.165, 1.54) is 0 Å². The second kappa shape index (κ2) is 4.73. The molecule has 3 N–H and O–H groups in total. The first-order chi connectivity index (χ1) is 9.59. The number of hydrogen-bond acceptors (Lipinski definition) is 6. The van der Waals surface area contributed by atoms with E-state index < -0.39 is 5.41 Å². The van der Waals surface area contributed by atoms with Crippen molar-refractivity contribution in [1.29, 1.82) is 0 Å². The Morgan fingerprint density at radius 3 is 3.00 bits per heavy atom. The summed E-state index contributed by atoms with van der Waals surface area (Å²) in [6, 6.07) is 1.79. The molecular weight excluding hydrogens is 258 g/mol. The first kappa shape index (κ1) is 12.8. The van der Waals surface area contributed by atoms with Crippen LogP contribution in [-0.2, 0) is 9.59 Å². The Balaban J connectivity index is 1.81. The van der Waals surface area contributed by atoms with E-state index in [1.807, 2.05) is 4.90 Å². The van der Waals surface area contributed by atoms with E-state index in [2.05, 4.69) is 15.3 Å². The molecule has 1 aromatic heterocycles. The predicted octanol–water partition coefficient (Wildman–Crippen LogP) is 0.0820. The molecule has 2 amide bonds. The second-order valence-electron chi connectivity index (χ2n) is 5.46. The summed E-state index contributed by atoms with van der Waals surface area (Å²) < 4.78 is 0.